The lowest BCUT2D eigenvalue weighted by atomic mass is 9.85. The van der Waals surface area contributed by atoms with Gasteiger partial charge in [0.1, 0.15) is 6.04 Å². The van der Waals surface area contributed by atoms with Crippen molar-refractivity contribution in [3.63, 3.8) is 0 Å². The number of fused-ring (bicyclic) bond motifs is 1. The lowest BCUT2D eigenvalue weighted by Crippen LogP contribution is -2.31. The van der Waals surface area contributed by atoms with Crippen LogP contribution in [0.1, 0.15) is 30.9 Å². The molecule has 1 N–H and O–H groups in total. The quantitative estimate of drug-likeness (QED) is 0.844. The lowest BCUT2D eigenvalue weighted by molar-refractivity contribution is -0.116. The summed E-state index contributed by atoms with van der Waals surface area (Å²) in [7, 11) is 0. The molecule has 1 atom stereocenters. The minimum absolute atomic E-state index is 0.187. The SMILES string of the molecule is CSc1ccc([C@H]2C3=C(CCCC3=O)Nc3nc(SC)nn32)cc1. The fourth-order valence-corrected chi connectivity index (χ4v) is 4.07. The summed E-state index contributed by atoms with van der Waals surface area (Å²) in [5.41, 5.74) is 2.94. The van der Waals surface area contributed by atoms with Gasteiger partial charge in [-0.2, -0.15) is 4.98 Å². The van der Waals surface area contributed by atoms with Gasteiger partial charge < -0.3 is 5.32 Å². The predicted octanol–water partition coefficient (Wildman–Crippen LogP) is 3.74. The summed E-state index contributed by atoms with van der Waals surface area (Å²) < 4.78 is 1.86. The van der Waals surface area contributed by atoms with E-state index in [1.165, 1.54) is 16.7 Å². The second-order valence-corrected chi connectivity index (χ2v) is 7.49. The Labute approximate surface area is 149 Å². The average molecular weight is 358 g/mol. The number of thioether (sulfide) groups is 2. The molecule has 5 nitrogen and oxygen atoms in total. The van der Waals surface area contributed by atoms with Crippen LogP contribution in [0.15, 0.2) is 45.6 Å². The third-order valence-electron chi connectivity index (χ3n) is 4.46. The predicted molar refractivity (Wildman–Crippen MR) is 97.7 cm³/mol. The van der Waals surface area contributed by atoms with Crippen molar-refractivity contribution >= 4 is 35.3 Å². The first-order valence-corrected chi connectivity index (χ1v) is 10.3. The highest BCUT2D eigenvalue weighted by atomic mass is 32.2. The Morgan fingerprint density at radius 2 is 1.96 bits per heavy atom. The van der Waals surface area contributed by atoms with Crippen LogP contribution < -0.4 is 5.32 Å². The van der Waals surface area contributed by atoms with Gasteiger partial charge in [0.15, 0.2) is 5.78 Å². The molecule has 0 saturated heterocycles. The van der Waals surface area contributed by atoms with Crippen molar-refractivity contribution in [2.45, 2.75) is 35.4 Å². The molecule has 0 spiro atoms. The number of anilines is 1. The van der Waals surface area contributed by atoms with Crippen LogP contribution in [0.3, 0.4) is 0 Å². The largest absolute Gasteiger partial charge is 0.328 e. The molecule has 0 amide bonds. The van der Waals surface area contributed by atoms with E-state index in [2.05, 4.69) is 45.9 Å². The van der Waals surface area contributed by atoms with E-state index in [1.807, 2.05) is 10.9 Å². The summed E-state index contributed by atoms with van der Waals surface area (Å²) in [4.78, 5) is 18.4. The van der Waals surface area contributed by atoms with E-state index in [1.54, 1.807) is 11.8 Å². The zero-order chi connectivity index (χ0) is 16.7. The lowest BCUT2D eigenvalue weighted by Gasteiger charge is -2.32. The number of ketones is 1. The number of aromatic nitrogens is 3. The van der Waals surface area contributed by atoms with Crippen LogP contribution in [0.25, 0.3) is 0 Å². The van der Waals surface area contributed by atoms with E-state index >= 15 is 0 Å². The van der Waals surface area contributed by atoms with E-state index in [0.717, 1.165) is 40.8 Å². The molecule has 0 radical (unpaired) electrons. The molecular formula is C17H18N4OS2. The van der Waals surface area contributed by atoms with Gasteiger partial charge in [0.25, 0.3) is 0 Å². The van der Waals surface area contributed by atoms with Crippen LogP contribution in [-0.2, 0) is 4.79 Å². The monoisotopic (exact) mass is 358 g/mol. The Morgan fingerprint density at radius 3 is 2.67 bits per heavy atom. The number of carbonyl (C=O) groups is 1. The Morgan fingerprint density at radius 1 is 1.17 bits per heavy atom. The first kappa shape index (κ1) is 15.8. The molecule has 24 heavy (non-hydrogen) atoms. The van der Waals surface area contributed by atoms with Crippen molar-refractivity contribution in [2.75, 3.05) is 17.8 Å². The molecule has 0 bridgehead atoms. The highest BCUT2D eigenvalue weighted by Crippen LogP contribution is 2.40. The van der Waals surface area contributed by atoms with Gasteiger partial charge >= 0.3 is 0 Å². The van der Waals surface area contributed by atoms with Gasteiger partial charge in [0, 0.05) is 22.6 Å². The minimum atomic E-state index is -0.187. The fourth-order valence-electron chi connectivity index (χ4n) is 3.32. The summed E-state index contributed by atoms with van der Waals surface area (Å²) in [5, 5.41) is 8.66. The van der Waals surface area contributed by atoms with Crippen LogP contribution in [0.5, 0.6) is 0 Å². The second kappa shape index (κ2) is 6.29. The number of hydrogen-bond acceptors (Lipinski definition) is 6. The number of hydrogen-bond donors (Lipinski definition) is 1. The summed E-state index contributed by atoms with van der Waals surface area (Å²) in [5.74, 6) is 0.946. The third kappa shape index (κ3) is 2.56. The van der Waals surface area contributed by atoms with Crippen molar-refractivity contribution in [3.8, 4) is 0 Å². The molecular weight excluding hydrogens is 340 g/mol. The number of benzene rings is 1. The standard InChI is InChI=1S/C17H18N4OS2/c1-23-11-8-6-10(7-9-11)15-14-12(4-3-5-13(14)22)18-16-19-17(24-2)20-21(15)16/h6-9,15H,3-5H2,1-2H3,(H,18,19,20)/t15-/m0/s1. The minimum Gasteiger partial charge on any atom is -0.328 e. The van der Waals surface area contributed by atoms with Crippen molar-refractivity contribution in [3.05, 3.63) is 41.1 Å². The molecule has 1 aromatic carbocycles. The van der Waals surface area contributed by atoms with E-state index in [9.17, 15) is 4.79 Å². The molecule has 2 aliphatic rings. The molecule has 1 aliphatic heterocycles. The van der Waals surface area contributed by atoms with E-state index < -0.39 is 0 Å². The molecule has 7 heteroatoms. The van der Waals surface area contributed by atoms with Gasteiger partial charge in [-0.05, 0) is 43.0 Å². The number of allylic oxidation sites excluding steroid dienone is 2. The van der Waals surface area contributed by atoms with Crippen molar-refractivity contribution in [2.24, 2.45) is 0 Å². The number of carbonyl (C=O) groups excluding carboxylic acids is 1. The van der Waals surface area contributed by atoms with Gasteiger partial charge in [-0.3, -0.25) is 4.79 Å². The Balaban J connectivity index is 1.87. The highest BCUT2D eigenvalue weighted by Gasteiger charge is 2.36. The summed E-state index contributed by atoms with van der Waals surface area (Å²) in [6.07, 6.45) is 6.42. The molecule has 124 valence electrons. The molecule has 1 aromatic heterocycles. The van der Waals surface area contributed by atoms with Gasteiger partial charge in [-0.1, -0.05) is 23.9 Å². The summed E-state index contributed by atoms with van der Waals surface area (Å²) in [6.45, 7) is 0. The first-order chi connectivity index (χ1) is 11.7. The maximum absolute atomic E-state index is 12.7. The smallest absolute Gasteiger partial charge is 0.227 e. The molecule has 1 aliphatic carbocycles. The maximum atomic E-state index is 12.7. The second-order valence-electron chi connectivity index (χ2n) is 5.84. The number of Topliss-reactive ketones (excluding diaryl/α,β-unsaturated/α-hetero) is 1. The van der Waals surface area contributed by atoms with Gasteiger partial charge in [-0.15, -0.1) is 16.9 Å². The third-order valence-corrected chi connectivity index (χ3v) is 5.74. The van der Waals surface area contributed by atoms with E-state index in [4.69, 9.17) is 0 Å². The van der Waals surface area contributed by atoms with Crippen molar-refractivity contribution in [1.29, 1.82) is 0 Å². The Bertz CT molecular complexity index is 826. The molecule has 0 saturated carbocycles. The first-order valence-electron chi connectivity index (χ1n) is 7.89. The summed E-state index contributed by atoms with van der Waals surface area (Å²) in [6, 6.07) is 8.20. The zero-order valence-corrected chi connectivity index (χ0v) is 15.2. The van der Waals surface area contributed by atoms with Gasteiger partial charge in [0.2, 0.25) is 11.1 Å². The Kier molecular flexibility index (Phi) is 4.14. The molecule has 2 aromatic rings. The van der Waals surface area contributed by atoms with E-state index in [0.29, 0.717) is 6.42 Å². The van der Waals surface area contributed by atoms with E-state index in [-0.39, 0.29) is 11.8 Å². The number of rotatable bonds is 3. The van der Waals surface area contributed by atoms with Crippen LogP contribution in [-0.4, -0.2) is 33.1 Å². The maximum Gasteiger partial charge on any atom is 0.227 e. The highest BCUT2D eigenvalue weighted by molar-refractivity contribution is 7.98. The van der Waals surface area contributed by atoms with Crippen LogP contribution >= 0.6 is 23.5 Å². The Hall–Kier alpha value is -1.73. The zero-order valence-electron chi connectivity index (χ0n) is 13.6. The number of nitrogens with zero attached hydrogens (tertiary/aromatic N) is 3. The van der Waals surface area contributed by atoms with Crippen LogP contribution in [0.2, 0.25) is 0 Å². The topological polar surface area (TPSA) is 59.8 Å². The van der Waals surface area contributed by atoms with Crippen LogP contribution in [0, 0.1) is 0 Å². The van der Waals surface area contributed by atoms with Gasteiger partial charge in [0.05, 0.1) is 0 Å². The molecule has 0 unspecified atom stereocenters. The molecule has 0 fully saturated rings. The van der Waals surface area contributed by atoms with Crippen molar-refractivity contribution < 1.29 is 4.79 Å². The number of nitrogens with one attached hydrogen (secondary N) is 1. The molecule has 2 heterocycles. The van der Waals surface area contributed by atoms with Crippen LogP contribution in [0.4, 0.5) is 5.95 Å². The van der Waals surface area contributed by atoms with Gasteiger partial charge in [-0.25, -0.2) is 4.68 Å². The van der Waals surface area contributed by atoms with Crippen molar-refractivity contribution in [1.82, 2.24) is 14.8 Å². The average Bonchev–Trinajstić information content (AvgIpc) is 3.03. The normalized spacial score (nSPS) is 19.8. The fraction of sp³-hybridized carbons (Fsp3) is 0.353. The summed E-state index contributed by atoms with van der Waals surface area (Å²) >= 11 is 3.22. The molecule has 4 rings (SSSR count).